The van der Waals surface area contributed by atoms with Crippen LogP contribution in [0.5, 0.6) is 0 Å². The van der Waals surface area contributed by atoms with Crippen LogP contribution in [0.4, 0.5) is 0 Å². The SMILES string of the molecule is C=C1CC2C3CC=C4CC(OC(C)=O)CCC4(C)C3CCC2(C)C1=O. The van der Waals surface area contributed by atoms with Crippen molar-refractivity contribution in [3.63, 3.8) is 0 Å². The van der Waals surface area contributed by atoms with Gasteiger partial charge in [-0.1, -0.05) is 32.1 Å². The second-order valence-electron chi connectivity index (χ2n) is 9.33. The van der Waals surface area contributed by atoms with Gasteiger partial charge in [-0.3, -0.25) is 9.59 Å². The highest BCUT2D eigenvalue weighted by Gasteiger charge is 2.59. The Balaban J connectivity index is 1.62. The van der Waals surface area contributed by atoms with E-state index in [1.54, 1.807) is 0 Å². The predicted octanol–water partition coefficient (Wildman–Crippen LogP) is 4.62. The maximum Gasteiger partial charge on any atom is 0.302 e. The van der Waals surface area contributed by atoms with E-state index in [0.717, 1.165) is 50.5 Å². The van der Waals surface area contributed by atoms with Crippen molar-refractivity contribution in [2.24, 2.45) is 28.6 Å². The summed E-state index contributed by atoms with van der Waals surface area (Å²) in [5, 5.41) is 0. The van der Waals surface area contributed by atoms with Gasteiger partial charge in [0.2, 0.25) is 0 Å². The lowest BCUT2D eigenvalue weighted by Gasteiger charge is -2.56. The molecule has 4 rings (SSSR count). The average Bonchev–Trinajstić information content (AvgIpc) is 2.78. The molecule has 0 N–H and O–H groups in total. The highest BCUT2D eigenvalue weighted by atomic mass is 16.5. The first-order chi connectivity index (χ1) is 11.8. The summed E-state index contributed by atoms with van der Waals surface area (Å²) in [6.07, 6.45) is 9.54. The second-order valence-corrected chi connectivity index (χ2v) is 9.33. The molecule has 0 radical (unpaired) electrons. The van der Waals surface area contributed by atoms with Gasteiger partial charge < -0.3 is 4.74 Å². The number of hydrogen-bond donors (Lipinski definition) is 0. The lowest BCUT2D eigenvalue weighted by molar-refractivity contribution is -0.148. The van der Waals surface area contributed by atoms with Gasteiger partial charge in [-0.25, -0.2) is 0 Å². The summed E-state index contributed by atoms with van der Waals surface area (Å²) in [4.78, 5) is 24.0. The number of ketones is 1. The van der Waals surface area contributed by atoms with Gasteiger partial charge in [-0.15, -0.1) is 0 Å². The zero-order valence-electron chi connectivity index (χ0n) is 15.8. The maximum atomic E-state index is 12.7. The van der Waals surface area contributed by atoms with Crippen LogP contribution in [0.15, 0.2) is 23.8 Å². The van der Waals surface area contributed by atoms with Crippen molar-refractivity contribution in [1.29, 1.82) is 0 Å². The summed E-state index contributed by atoms with van der Waals surface area (Å²) in [6, 6.07) is 0. The van der Waals surface area contributed by atoms with Crippen LogP contribution in [-0.4, -0.2) is 17.9 Å². The second kappa shape index (κ2) is 5.56. The molecule has 4 aliphatic carbocycles. The summed E-state index contributed by atoms with van der Waals surface area (Å²) in [7, 11) is 0. The lowest BCUT2D eigenvalue weighted by Crippen LogP contribution is -2.50. The number of ether oxygens (including phenoxy) is 1. The van der Waals surface area contributed by atoms with E-state index in [1.807, 2.05) is 0 Å². The number of esters is 1. The monoisotopic (exact) mass is 342 g/mol. The zero-order chi connectivity index (χ0) is 18.0. The molecule has 0 aliphatic heterocycles. The molecule has 3 fully saturated rings. The normalized spacial score (nSPS) is 46.0. The van der Waals surface area contributed by atoms with Crippen LogP contribution in [0, 0.1) is 28.6 Å². The number of hydrogen-bond acceptors (Lipinski definition) is 3. The summed E-state index contributed by atoms with van der Waals surface area (Å²) in [6.45, 7) is 10.2. The number of allylic oxidation sites excluding steroid dienone is 2. The minimum absolute atomic E-state index is 0.0510. The Hall–Kier alpha value is -1.38. The number of Topliss-reactive ketones (excluding diaryl/α,β-unsaturated/α-hetero) is 1. The van der Waals surface area contributed by atoms with Crippen molar-refractivity contribution in [2.45, 2.75) is 71.8 Å². The van der Waals surface area contributed by atoms with E-state index in [4.69, 9.17) is 4.74 Å². The van der Waals surface area contributed by atoms with Crippen molar-refractivity contribution in [3.05, 3.63) is 23.8 Å². The Morgan fingerprint density at radius 1 is 1.16 bits per heavy atom. The predicted molar refractivity (Wildman–Crippen MR) is 96.8 cm³/mol. The van der Waals surface area contributed by atoms with Gasteiger partial charge in [0.05, 0.1) is 0 Å². The number of fused-ring (bicyclic) bond motifs is 5. The molecule has 0 aromatic carbocycles. The van der Waals surface area contributed by atoms with Gasteiger partial charge in [0, 0.05) is 18.8 Å². The summed E-state index contributed by atoms with van der Waals surface area (Å²) >= 11 is 0. The van der Waals surface area contributed by atoms with Crippen LogP contribution < -0.4 is 0 Å². The number of carbonyl (C=O) groups is 2. The fourth-order valence-corrected chi connectivity index (χ4v) is 6.70. The molecular weight excluding hydrogens is 312 g/mol. The highest BCUT2D eigenvalue weighted by Crippen LogP contribution is 2.64. The standard InChI is InChI=1S/C22H30O3/c1-13-11-19-17-6-5-15-12-16(25-14(2)23)7-9-21(15,3)18(17)8-10-22(19,4)20(13)24/h5,16-19H,1,6-12H2,2-4H3. The molecule has 136 valence electrons. The smallest absolute Gasteiger partial charge is 0.302 e. The van der Waals surface area contributed by atoms with Crippen molar-refractivity contribution >= 4 is 11.8 Å². The molecule has 0 heterocycles. The molecule has 4 aliphatic rings. The topological polar surface area (TPSA) is 43.4 Å². The van der Waals surface area contributed by atoms with Gasteiger partial charge in [-0.05, 0) is 67.3 Å². The van der Waals surface area contributed by atoms with Gasteiger partial charge in [0.1, 0.15) is 6.10 Å². The molecule has 0 aromatic heterocycles. The Morgan fingerprint density at radius 2 is 1.88 bits per heavy atom. The van der Waals surface area contributed by atoms with Gasteiger partial charge in [0.15, 0.2) is 5.78 Å². The van der Waals surface area contributed by atoms with E-state index < -0.39 is 0 Å². The van der Waals surface area contributed by atoms with Gasteiger partial charge >= 0.3 is 5.97 Å². The summed E-state index contributed by atoms with van der Waals surface area (Å²) in [5.74, 6) is 1.88. The van der Waals surface area contributed by atoms with Crippen LogP contribution >= 0.6 is 0 Å². The van der Waals surface area contributed by atoms with Crippen molar-refractivity contribution in [1.82, 2.24) is 0 Å². The number of rotatable bonds is 1. The number of carbonyl (C=O) groups excluding carboxylic acids is 2. The Morgan fingerprint density at radius 3 is 2.60 bits per heavy atom. The quantitative estimate of drug-likeness (QED) is 0.397. The van der Waals surface area contributed by atoms with Crippen molar-refractivity contribution < 1.29 is 14.3 Å². The Bertz CT molecular complexity index is 675. The zero-order valence-corrected chi connectivity index (χ0v) is 15.8. The van der Waals surface area contributed by atoms with Gasteiger partial charge in [-0.2, -0.15) is 0 Å². The van der Waals surface area contributed by atoms with E-state index in [-0.39, 0.29) is 22.9 Å². The molecule has 0 amide bonds. The van der Waals surface area contributed by atoms with E-state index >= 15 is 0 Å². The van der Waals surface area contributed by atoms with E-state index in [1.165, 1.54) is 12.5 Å². The summed E-state index contributed by atoms with van der Waals surface area (Å²) in [5.41, 5.74) is 2.40. The molecule has 6 atom stereocenters. The molecule has 0 bridgehead atoms. The summed E-state index contributed by atoms with van der Waals surface area (Å²) < 4.78 is 5.50. The van der Waals surface area contributed by atoms with Crippen LogP contribution in [-0.2, 0) is 14.3 Å². The first kappa shape index (κ1) is 17.1. The highest BCUT2D eigenvalue weighted by molar-refractivity contribution is 6.02. The molecule has 0 saturated heterocycles. The Labute approximate surface area is 150 Å². The van der Waals surface area contributed by atoms with Crippen molar-refractivity contribution in [2.75, 3.05) is 0 Å². The van der Waals surface area contributed by atoms with Crippen molar-refractivity contribution in [3.8, 4) is 0 Å². The molecule has 6 unspecified atom stereocenters. The minimum Gasteiger partial charge on any atom is -0.462 e. The lowest BCUT2D eigenvalue weighted by atomic mass is 9.48. The Kier molecular flexibility index (Phi) is 3.79. The molecular formula is C22H30O3. The average molecular weight is 342 g/mol. The molecule has 3 nitrogen and oxygen atoms in total. The minimum atomic E-state index is -0.172. The van der Waals surface area contributed by atoms with E-state index in [0.29, 0.717) is 23.5 Å². The van der Waals surface area contributed by atoms with Crippen LogP contribution in [0.2, 0.25) is 0 Å². The fourth-order valence-electron chi connectivity index (χ4n) is 6.70. The first-order valence-corrected chi connectivity index (χ1v) is 9.85. The van der Waals surface area contributed by atoms with E-state index in [2.05, 4.69) is 26.5 Å². The fraction of sp³-hybridized carbons (Fsp3) is 0.727. The molecule has 0 spiro atoms. The largest absolute Gasteiger partial charge is 0.462 e. The maximum absolute atomic E-state index is 12.7. The van der Waals surface area contributed by atoms with Crippen LogP contribution in [0.25, 0.3) is 0 Å². The van der Waals surface area contributed by atoms with E-state index in [9.17, 15) is 9.59 Å². The first-order valence-electron chi connectivity index (χ1n) is 9.85. The third kappa shape index (κ3) is 2.38. The third-order valence-corrected chi connectivity index (χ3v) is 8.09. The molecule has 3 saturated carbocycles. The van der Waals surface area contributed by atoms with Crippen LogP contribution in [0.3, 0.4) is 0 Å². The molecule has 3 heteroatoms. The molecule has 0 aromatic rings. The van der Waals surface area contributed by atoms with Crippen LogP contribution in [0.1, 0.15) is 65.7 Å². The molecule has 25 heavy (non-hydrogen) atoms. The third-order valence-electron chi connectivity index (χ3n) is 8.09. The van der Waals surface area contributed by atoms with Gasteiger partial charge in [0.25, 0.3) is 0 Å².